The molecule has 0 saturated carbocycles. The van der Waals surface area contributed by atoms with E-state index in [0.29, 0.717) is 0 Å². The molecule has 0 aliphatic heterocycles. The number of hydrazine groups is 1. The summed E-state index contributed by atoms with van der Waals surface area (Å²) < 4.78 is 0. The van der Waals surface area contributed by atoms with Crippen LogP contribution in [0.1, 0.15) is 6.92 Å². The highest BCUT2D eigenvalue weighted by Gasteiger charge is 2.10. The fourth-order valence-corrected chi connectivity index (χ4v) is 0.435. The van der Waals surface area contributed by atoms with Gasteiger partial charge in [0.15, 0.2) is 0 Å². The van der Waals surface area contributed by atoms with E-state index in [9.17, 15) is 4.79 Å². The average molecular weight is 137 g/mol. The molecule has 0 aliphatic carbocycles. The molecule has 2 N–H and O–H groups in total. The van der Waals surface area contributed by atoms with Gasteiger partial charge in [-0.3, -0.25) is 9.80 Å². The normalized spacial score (nSPS) is 13.0. The third kappa shape index (κ3) is 2.14. The first-order valence-electron chi connectivity index (χ1n) is 2.22. The van der Waals surface area contributed by atoms with Crippen LogP contribution < -0.4 is 5.84 Å². The zero-order chi connectivity index (χ0) is 6.73. The Morgan fingerprint density at radius 1 is 1.88 bits per heavy atom. The highest BCUT2D eigenvalue weighted by molar-refractivity contribution is 6.30. The fourth-order valence-electron chi connectivity index (χ4n) is 0.281. The Morgan fingerprint density at radius 3 is 2.25 bits per heavy atom. The van der Waals surface area contributed by atoms with Gasteiger partial charge in [-0.1, -0.05) is 0 Å². The van der Waals surface area contributed by atoms with Crippen molar-refractivity contribution >= 4 is 17.5 Å². The molecule has 48 valence electrons. The number of alkyl halides is 1. The molecule has 0 aromatic rings. The predicted octanol–water partition coefficient (Wildman–Crippen LogP) is -0.0542. The largest absolute Gasteiger partial charge is 0.283 e. The van der Waals surface area contributed by atoms with Crippen LogP contribution in [0.25, 0.3) is 0 Å². The maximum atomic E-state index is 10.5. The lowest BCUT2D eigenvalue weighted by atomic mass is 10.4. The Kier molecular flexibility index (Phi) is 2.79. The van der Waals surface area contributed by atoms with Gasteiger partial charge >= 0.3 is 0 Å². The van der Waals surface area contributed by atoms with Crippen molar-refractivity contribution < 1.29 is 4.79 Å². The minimum atomic E-state index is -0.523. The summed E-state index contributed by atoms with van der Waals surface area (Å²) in [7, 11) is 1.46. The average Bonchev–Trinajstić information content (AvgIpc) is 1.64. The zero-order valence-corrected chi connectivity index (χ0v) is 5.64. The SMILES string of the molecule is CC(Cl)C(=O)N(C)N. The van der Waals surface area contributed by atoms with Crippen LogP contribution in [0.15, 0.2) is 0 Å². The first-order valence-corrected chi connectivity index (χ1v) is 2.65. The van der Waals surface area contributed by atoms with Crippen molar-refractivity contribution in [2.45, 2.75) is 12.3 Å². The quantitative estimate of drug-likeness (QED) is 0.238. The second kappa shape index (κ2) is 2.89. The predicted molar refractivity (Wildman–Crippen MR) is 32.3 cm³/mol. The van der Waals surface area contributed by atoms with E-state index in [1.807, 2.05) is 0 Å². The Bertz CT molecular complexity index is 82.0. The van der Waals surface area contributed by atoms with Crippen molar-refractivity contribution in [3.8, 4) is 0 Å². The standard InChI is InChI=1S/C4H9ClN2O/c1-3(5)4(8)7(2)6/h3H,6H2,1-2H3. The number of nitrogens with two attached hydrogens (primary N) is 1. The number of amides is 1. The number of hydrogen-bond acceptors (Lipinski definition) is 2. The minimum Gasteiger partial charge on any atom is -0.283 e. The molecule has 1 atom stereocenters. The van der Waals surface area contributed by atoms with Crippen molar-refractivity contribution in [2.75, 3.05) is 7.05 Å². The summed E-state index contributed by atoms with van der Waals surface area (Å²) in [5.41, 5.74) is 0. The van der Waals surface area contributed by atoms with E-state index >= 15 is 0 Å². The van der Waals surface area contributed by atoms with Crippen LogP contribution >= 0.6 is 11.6 Å². The smallest absolute Gasteiger partial charge is 0.253 e. The Hall–Kier alpha value is -0.280. The molecule has 0 aromatic heterocycles. The summed E-state index contributed by atoms with van der Waals surface area (Å²) in [5.74, 6) is 4.76. The Balaban J connectivity index is 3.65. The second-order valence-corrected chi connectivity index (χ2v) is 2.22. The number of carbonyl (C=O) groups excluding carboxylic acids is 1. The summed E-state index contributed by atoms with van der Waals surface area (Å²) in [6.45, 7) is 1.58. The Morgan fingerprint density at radius 2 is 2.25 bits per heavy atom. The first kappa shape index (κ1) is 7.72. The van der Waals surface area contributed by atoms with E-state index in [2.05, 4.69) is 0 Å². The summed E-state index contributed by atoms with van der Waals surface area (Å²) >= 11 is 5.35. The van der Waals surface area contributed by atoms with Crippen LogP contribution in [0.3, 0.4) is 0 Å². The molecule has 0 spiro atoms. The molecule has 0 heterocycles. The number of rotatable bonds is 1. The van der Waals surface area contributed by atoms with Crippen molar-refractivity contribution in [1.82, 2.24) is 5.01 Å². The van der Waals surface area contributed by atoms with Gasteiger partial charge in [0.05, 0.1) is 0 Å². The van der Waals surface area contributed by atoms with E-state index in [1.54, 1.807) is 6.92 Å². The van der Waals surface area contributed by atoms with Crippen LogP contribution in [0.5, 0.6) is 0 Å². The topological polar surface area (TPSA) is 46.3 Å². The van der Waals surface area contributed by atoms with Crippen molar-refractivity contribution in [3.05, 3.63) is 0 Å². The molecule has 1 unspecified atom stereocenters. The molecule has 8 heavy (non-hydrogen) atoms. The lowest BCUT2D eigenvalue weighted by molar-refractivity contribution is -0.129. The summed E-state index contributed by atoms with van der Waals surface area (Å²) in [5, 5.41) is 0.447. The molecule has 0 rings (SSSR count). The summed E-state index contributed by atoms with van der Waals surface area (Å²) in [4.78, 5) is 10.5. The summed E-state index contributed by atoms with van der Waals surface area (Å²) in [6.07, 6.45) is 0. The van der Waals surface area contributed by atoms with Crippen molar-refractivity contribution in [3.63, 3.8) is 0 Å². The maximum absolute atomic E-state index is 10.5. The van der Waals surface area contributed by atoms with E-state index in [1.165, 1.54) is 7.05 Å². The number of nitrogens with zero attached hydrogens (tertiary/aromatic N) is 1. The third-order valence-electron chi connectivity index (χ3n) is 0.688. The molecule has 0 saturated heterocycles. The fraction of sp³-hybridized carbons (Fsp3) is 0.750. The molecular weight excluding hydrogens is 128 g/mol. The van der Waals surface area contributed by atoms with E-state index in [0.717, 1.165) is 5.01 Å². The van der Waals surface area contributed by atoms with Gasteiger partial charge in [-0.2, -0.15) is 0 Å². The van der Waals surface area contributed by atoms with E-state index in [4.69, 9.17) is 17.4 Å². The molecule has 3 nitrogen and oxygen atoms in total. The van der Waals surface area contributed by atoms with Gasteiger partial charge in [-0.25, -0.2) is 5.84 Å². The van der Waals surface area contributed by atoms with Crippen LogP contribution in [0.4, 0.5) is 0 Å². The molecule has 0 aromatic carbocycles. The van der Waals surface area contributed by atoms with Gasteiger partial charge in [0.25, 0.3) is 5.91 Å². The first-order chi connectivity index (χ1) is 3.55. The van der Waals surface area contributed by atoms with Gasteiger partial charge in [-0.05, 0) is 6.92 Å². The molecular formula is C4H9ClN2O. The van der Waals surface area contributed by atoms with Gasteiger partial charge in [0, 0.05) is 7.05 Å². The lowest BCUT2D eigenvalue weighted by Crippen LogP contribution is -2.37. The molecule has 4 heteroatoms. The highest BCUT2D eigenvalue weighted by Crippen LogP contribution is 1.94. The molecule has 1 amide bonds. The monoisotopic (exact) mass is 136 g/mol. The van der Waals surface area contributed by atoms with Crippen LogP contribution in [-0.2, 0) is 4.79 Å². The van der Waals surface area contributed by atoms with Crippen LogP contribution in [0.2, 0.25) is 0 Å². The lowest BCUT2D eigenvalue weighted by Gasteiger charge is -2.09. The van der Waals surface area contributed by atoms with Crippen molar-refractivity contribution in [2.24, 2.45) is 5.84 Å². The van der Waals surface area contributed by atoms with E-state index in [-0.39, 0.29) is 5.91 Å². The minimum absolute atomic E-state index is 0.272. The second-order valence-electron chi connectivity index (χ2n) is 1.57. The van der Waals surface area contributed by atoms with Crippen LogP contribution in [0, 0.1) is 0 Å². The van der Waals surface area contributed by atoms with Gasteiger partial charge < -0.3 is 0 Å². The van der Waals surface area contributed by atoms with Gasteiger partial charge in [-0.15, -0.1) is 11.6 Å². The number of carbonyl (C=O) groups is 1. The van der Waals surface area contributed by atoms with Gasteiger partial charge in [0.1, 0.15) is 5.38 Å². The molecule has 0 radical (unpaired) electrons. The zero-order valence-electron chi connectivity index (χ0n) is 4.89. The maximum Gasteiger partial charge on any atom is 0.253 e. The highest BCUT2D eigenvalue weighted by atomic mass is 35.5. The molecule has 0 bridgehead atoms. The number of halogens is 1. The van der Waals surface area contributed by atoms with Crippen molar-refractivity contribution in [1.29, 1.82) is 0 Å². The number of hydrogen-bond donors (Lipinski definition) is 1. The molecule has 0 fully saturated rings. The van der Waals surface area contributed by atoms with Gasteiger partial charge in [0.2, 0.25) is 0 Å². The van der Waals surface area contributed by atoms with E-state index < -0.39 is 5.38 Å². The summed E-state index contributed by atoms with van der Waals surface area (Å²) in [6, 6.07) is 0. The van der Waals surface area contributed by atoms with Crippen LogP contribution in [-0.4, -0.2) is 23.3 Å². The molecule has 0 aliphatic rings. The third-order valence-corrected chi connectivity index (χ3v) is 0.875. The Labute approximate surface area is 53.4 Å².